The van der Waals surface area contributed by atoms with Gasteiger partial charge in [0.05, 0.1) is 6.04 Å². The maximum atomic E-state index is 12.2. The average molecular weight is 296 g/mol. The minimum Gasteiger partial charge on any atom is -0.334 e. The number of carbonyl (C=O) groups is 1. The Morgan fingerprint density at radius 3 is 2.30 bits per heavy atom. The number of nitrogens with zero attached hydrogens (tertiary/aromatic N) is 1. The van der Waals surface area contributed by atoms with Crippen LogP contribution < -0.4 is 5.14 Å². The molecule has 1 heterocycles. The number of hydrogen-bond donors (Lipinski definition) is 1. The van der Waals surface area contributed by atoms with Crippen molar-refractivity contribution in [3.63, 3.8) is 0 Å². The molecule has 1 aliphatic heterocycles. The number of carbonyl (C=O) groups excluding carboxylic acids is 1. The van der Waals surface area contributed by atoms with Gasteiger partial charge in [-0.2, -0.15) is 0 Å². The van der Waals surface area contributed by atoms with Crippen LogP contribution in [0.15, 0.2) is 30.3 Å². The fraction of sp³-hybridized carbons (Fsp3) is 0.500. The van der Waals surface area contributed by atoms with Crippen molar-refractivity contribution in [1.82, 2.24) is 4.90 Å². The van der Waals surface area contributed by atoms with E-state index in [-0.39, 0.29) is 30.8 Å². The van der Waals surface area contributed by atoms with Gasteiger partial charge in [0.2, 0.25) is 15.9 Å². The standard InChI is InChI=1S/C14H20N2O3S/c1-10(2)14(11-6-4-3-5-7-11)16-9-12(8-13(16)17)20(15,18)19/h3-7,10,12,14H,8-9H2,1-2H3,(H2,15,18,19). The third kappa shape index (κ3) is 3.02. The van der Waals surface area contributed by atoms with Crippen LogP contribution in [0.3, 0.4) is 0 Å². The van der Waals surface area contributed by atoms with Crippen LogP contribution in [0.2, 0.25) is 0 Å². The van der Waals surface area contributed by atoms with Gasteiger partial charge in [-0.1, -0.05) is 44.2 Å². The molecule has 1 aromatic carbocycles. The van der Waals surface area contributed by atoms with Gasteiger partial charge in [0.1, 0.15) is 5.25 Å². The monoisotopic (exact) mass is 296 g/mol. The van der Waals surface area contributed by atoms with Gasteiger partial charge in [0, 0.05) is 13.0 Å². The molecule has 2 atom stereocenters. The van der Waals surface area contributed by atoms with Gasteiger partial charge in [-0.05, 0) is 11.5 Å². The molecule has 0 saturated carbocycles. The molecule has 1 saturated heterocycles. The summed E-state index contributed by atoms with van der Waals surface area (Å²) in [5.74, 6) is 0.0483. The Morgan fingerprint density at radius 1 is 1.25 bits per heavy atom. The number of primary sulfonamides is 1. The Labute approximate surface area is 119 Å². The highest BCUT2D eigenvalue weighted by Gasteiger charge is 2.40. The first-order chi connectivity index (χ1) is 9.30. The van der Waals surface area contributed by atoms with Crippen molar-refractivity contribution < 1.29 is 13.2 Å². The average Bonchev–Trinajstić information content (AvgIpc) is 2.73. The zero-order valence-electron chi connectivity index (χ0n) is 11.7. The van der Waals surface area contributed by atoms with Crippen LogP contribution in [0.1, 0.15) is 31.9 Å². The number of nitrogens with two attached hydrogens (primary N) is 1. The Bertz CT molecular complexity index is 584. The normalized spacial score (nSPS) is 21.5. The van der Waals surface area contributed by atoms with E-state index < -0.39 is 15.3 Å². The molecule has 0 aliphatic carbocycles. The van der Waals surface area contributed by atoms with Crippen LogP contribution in [-0.4, -0.2) is 31.0 Å². The summed E-state index contributed by atoms with van der Waals surface area (Å²) < 4.78 is 22.9. The van der Waals surface area contributed by atoms with Gasteiger partial charge in [0.15, 0.2) is 0 Å². The lowest BCUT2D eigenvalue weighted by Gasteiger charge is -2.31. The molecule has 20 heavy (non-hydrogen) atoms. The van der Waals surface area contributed by atoms with Crippen molar-refractivity contribution in [1.29, 1.82) is 0 Å². The summed E-state index contributed by atoms with van der Waals surface area (Å²) in [6, 6.07) is 9.56. The van der Waals surface area contributed by atoms with Crippen molar-refractivity contribution >= 4 is 15.9 Å². The lowest BCUT2D eigenvalue weighted by molar-refractivity contribution is -0.130. The van der Waals surface area contributed by atoms with E-state index in [0.717, 1.165) is 5.56 Å². The third-order valence-electron chi connectivity index (χ3n) is 3.70. The lowest BCUT2D eigenvalue weighted by atomic mass is 9.95. The minimum absolute atomic E-state index is 0.0190. The molecule has 0 radical (unpaired) electrons. The molecule has 1 aliphatic rings. The molecule has 0 bridgehead atoms. The summed E-state index contributed by atoms with van der Waals surface area (Å²) in [5, 5.41) is 4.38. The van der Waals surface area contributed by atoms with Crippen LogP contribution in [0, 0.1) is 5.92 Å². The molecule has 6 heteroatoms. The van der Waals surface area contributed by atoms with Gasteiger partial charge in [-0.25, -0.2) is 13.6 Å². The Kier molecular flexibility index (Phi) is 4.15. The number of likely N-dealkylation sites (tertiary alicyclic amines) is 1. The Hall–Kier alpha value is -1.40. The SMILES string of the molecule is CC(C)C(c1ccccc1)N1CC(S(N)(=O)=O)CC1=O. The van der Waals surface area contributed by atoms with E-state index in [1.54, 1.807) is 4.90 Å². The van der Waals surface area contributed by atoms with E-state index in [0.29, 0.717) is 0 Å². The smallest absolute Gasteiger partial charge is 0.224 e. The van der Waals surface area contributed by atoms with E-state index in [9.17, 15) is 13.2 Å². The predicted molar refractivity (Wildman–Crippen MR) is 77.2 cm³/mol. The first-order valence-corrected chi connectivity index (χ1v) is 8.27. The largest absolute Gasteiger partial charge is 0.334 e. The van der Waals surface area contributed by atoms with E-state index in [1.165, 1.54) is 0 Å². The quantitative estimate of drug-likeness (QED) is 0.908. The zero-order valence-corrected chi connectivity index (χ0v) is 12.5. The number of amides is 1. The van der Waals surface area contributed by atoms with E-state index in [4.69, 9.17) is 5.14 Å². The molecule has 2 unspecified atom stereocenters. The lowest BCUT2D eigenvalue weighted by Crippen LogP contribution is -2.36. The maximum absolute atomic E-state index is 12.2. The van der Waals surface area contributed by atoms with Crippen molar-refractivity contribution in [2.75, 3.05) is 6.54 Å². The topological polar surface area (TPSA) is 80.5 Å². The van der Waals surface area contributed by atoms with Crippen LogP contribution in [0.4, 0.5) is 0 Å². The first-order valence-electron chi connectivity index (χ1n) is 6.66. The summed E-state index contributed by atoms with van der Waals surface area (Å²) in [5.41, 5.74) is 1.02. The first kappa shape index (κ1) is 15.0. The van der Waals surface area contributed by atoms with Gasteiger partial charge in [-0.3, -0.25) is 4.79 Å². The van der Waals surface area contributed by atoms with Gasteiger partial charge < -0.3 is 4.90 Å². The van der Waals surface area contributed by atoms with Crippen molar-refractivity contribution in [3.05, 3.63) is 35.9 Å². The van der Waals surface area contributed by atoms with E-state index >= 15 is 0 Å². The zero-order chi connectivity index (χ0) is 14.9. The molecule has 2 rings (SSSR count). The minimum atomic E-state index is -3.67. The Balaban J connectivity index is 2.30. The van der Waals surface area contributed by atoms with Gasteiger partial charge >= 0.3 is 0 Å². The highest BCUT2D eigenvalue weighted by molar-refractivity contribution is 7.89. The van der Waals surface area contributed by atoms with Crippen molar-refractivity contribution in [3.8, 4) is 0 Å². The molecule has 1 fully saturated rings. The Morgan fingerprint density at radius 2 is 1.85 bits per heavy atom. The summed E-state index contributed by atoms with van der Waals surface area (Å²) in [6.45, 7) is 4.22. The highest BCUT2D eigenvalue weighted by atomic mass is 32.2. The van der Waals surface area contributed by atoms with Crippen LogP contribution in [0.25, 0.3) is 0 Å². The van der Waals surface area contributed by atoms with Gasteiger partial charge in [-0.15, -0.1) is 0 Å². The molecule has 0 aromatic heterocycles. The second-order valence-corrected chi connectivity index (χ2v) is 7.41. The molecule has 5 nitrogen and oxygen atoms in total. The third-order valence-corrected chi connectivity index (χ3v) is 4.94. The number of sulfonamides is 1. The van der Waals surface area contributed by atoms with Crippen LogP contribution >= 0.6 is 0 Å². The fourth-order valence-corrected chi connectivity index (χ4v) is 3.50. The highest BCUT2D eigenvalue weighted by Crippen LogP contribution is 2.33. The van der Waals surface area contributed by atoms with E-state index in [2.05, 4.69) is 0 Å². The summed E-state index contributed by atoms with van der Waals surface area (Å²) in [7, 11) is -3.67. The molecular formula is C14H20N2O3S. The molecule has 110 valence electrons. The number of hydrogen-bond acceptors (Lipinski definition) is 3. The van der Waals surface area contributed by atoms with Gasteiger partial charge in [0.25, 0.3) is 0 Å². The second-order valence-electron chi connectivity index (χ2n) is 5.56. The molecule has 1 amide bonds. The molecule has 1 aromatic rings. The van der Waals surface area contributed by atoms with Crippen LogP contribution in [0.5, 0.6) is 0 Å². The van der Waals surface area contributed by atoms with E-state index in [1.807, 2.05) is 44.2 Å². The second kappa shape index (κ2) is 5.54. The van der Waals surface area contributed by atoms with Crippen molar-refractivity contribution in [2.45, 2.75) is 31.6 Å². The van der Waals surface area contributed by atoms with Crippen LogP contribution in [-0.2, 0) is 14.8 Å². The summed E-state index contributed by atoms with van der Waals surface area (Å²) in [4.78, 5) is 13.8. The number of rotatable bonds is 4. The molecular weight excluding hydrogens is 276 g/mol. The summed E-state index contributed by atoms with van der Waals surface area (Å²) in [6.07, 6.45) is -0.0190. The van der Waals surface area contributed by atoms with Crippen molar-refractivity contribution in [2.24, 2.45) is 11.1 Å². The fourth-order valence-electron chi connectivity index (χ4n) is 2.76. The summed E-state index contributed by atoms with van der Waals surface area (Å²) >= 11 is 0. The molecule has 2 N–H and O–H groups in total. The maximum Gasteiger partial charge on any atom is 0.224 e. The predicted octanol–water partition coefficient (Wildman–Crippen LogP) is 1.27. The number of benzene rings is 1. The molecule has 0 spiro atoms.